The van der Waals surface area contributed by atoms with Crippen molar-refractivity contribution < 1.29 is 19.7 Å². The Kier molecular flexibility index (Phi) is 11.6. The molecule has 0 fully saturated rings. The maximum Gasteiger partial charge on any atom is 0.0701 e. The zero-order valence-electron chi connectivity index (χ0n) is 17.1. The van der Waals surface area contributed by atoms with E-state index in [0.29, 0.717) is 26.4 Å². The average Bonchev–Trinajstić information content (AvgIpc) is 2.65. The van der Waals surface area contributed by atoms with Gasteiger partial charge < -0.3 is 24.6 Å². The lowest BCUT2D eigenvalue weighted by atomic mass is 10.1. The van der Waals surface area contributed by atoms with E-state index in [1.54, 1.807) is 0 Å². The van der Waals surface area contributed by atoms with Crippen LogP contribution in [-0.4, -0.2) is 60.7 Å². The van der Waals surface area contributed by atoms with Crippen LogP contribution in [-0.2, 0) is 43.3 Å². The molecule has 0 aliphatic rings. The summed E-state index contributed by atoms with van der Waals surface area (Å²) in [5.74, 6) is 0. The lowest BCUT2D eigenvalue weighted by molar-refractivity contribution is 0.0505. The average molecular weight is 418 g/mol. The Morgan fingerprint density at radius 2 is 1.56 bits per heavy atom. The van der Waals surface area contributed by atoms with Crippen LogP contribution in [0.5, 0.6) is 0 Å². The summed E-state index contributed by atoms with van der Waals surface area (Å²) < 4.78 is 11.1. The summed E-state index contributed by atoms with van der Waals surface area (Å²) in [7, 11) is -0.165. The Hall–Kier alpha value is -0.570. The summed E-state index contributed by atoms with van der Waals surface area (Å²) in [6, 6.07) is 5.76. The van der Waals surface area contributed by atoms with E-state index in [4.69, 9.17) is 20.7 Å². The van der Waals surface area contributed by atoms with Gasteiger partial charge in [0.25, 0.3) is 0 Å². The number of aliphatic hydroxyl groups is 2. The molecule has 0 bridgehead atoms. The van der Waals surface area contributed by atoms with E-state index in [2.05, 4.69) is 31.9 Å². The Bertz CT molecular complexity index is 559. The van der Waals surface area contributed by atoms with Gasteiger partial charge in [-0.2, -0.15) is 0 Å². The molecular formula is C20H35NO4S2. The van der Waals surface area contributed by atoms with E-state index in [1.807, 2.05) is 18.2 Å². The van der Waals surface area contributed by atoms with Gasteiger partial charge in [-0.3, -0.25) is 0 Å². The van der Waals surface area contributed by atoms with Gasteiger partial charge in [-0.25, -0.2) is 0 Å². The summed E-state index contributed by atoms with van der Waals surface area (Å²) in [5.41, 5.74) is 2.56. The molecule has 1 aromatic carbocycles. The van der Waals surface area contributed by atoms with Crippen LogP contribution < -0.4 is 4.90 Å². The molecule has 2 N–H and O–H groups in total. The van der Waals surface area contributed by atoms with E-state index in [9.17, 15) is 10.2 Å². The summed E-state index contributed by atoms with van der Waals surface area (Å²) in [6.45, 7) is 10.4. The highest BCUT2D eigenvalue weighted by Gasteiger charge is 2.24. The standard InChI is InChI=1S/C20H35NO4S2/c1-5-7-24-9-10-25-8-6-21(16-20(2,3)27(4)26)19-12-17(14-22)11-18(13-19)15-23/h11-13,22-23H,5-10,14-16H2,1-4H3. The summed E-state index contributed by atoms with van der Waals surface area (Å²) in [4.78, 5) is 2.24. The fourth-order valence-electron chi connectivity index (χ4n) is 2.60. The van der Waals surface area contributed by atoms with Crippen molar-refractivity contribution in [3.63, 3.8) is 0 Å². The zero-order chi connectivity index (χ0) is 20.3. The molecule has 1 unspecified atom stereocenters. The Morgan fingerprint density at radius 1 is 1.00 bits per heavy atom. The topological polar surface area (TPSA) is 62.2 Å². The van der Waals surface area contributed by atoms with Gasteiger partial charge in [0.2, 0.25) is 0 Å². The Morgan fingerprint density at radius 3 is 2.04 bits per heavy atom. The van der Waals surface area contributed by atoms with E-state index in [-0.39, 0.29) is 27.4 Å². The number of nitrogens with zero attached hydrogens (tertiary/aromatic N) is 1. The third kappa shape index (κ3) is 8.98. The molecule has 1 aromatic rings. The minimum atomic E-state index is -0.165. The van der Waals surface area contributed by atoms with Crippen LogP contribution in [0, 0.1) is 0 Å². The molecule has 0 heterocycles. The first-order valence-electron chi connectivity index (χ1n) is 9.42. The van der Waals surface area contributed by atoms with E-state index in [1.165, 1.54) is 0 Å². The van der Waals surface area contributed by atoms with E-state index >= 15 is 0 Å². The van der Waals surface area contributed by atoms with Crippen LogP contribution in [0.25, 0.3) is 0 Å². The molecule has 7 heteroatoms. The van der Waals surface area contributed by atoms with Gasteiger partial charge in [0, 0.05) is 30.1 Å². The van der Waals surface area contributed by atoms with Crippen molar-refractivity contribution in [2.45, 2.75) is 45.2 Å². The van der Waals surface area contributed by atoms with Crippen LogP contribution >= 0.6 is 0 Å². The largest absolute Gasteiger partial charge is 0.392 e. The highest BCUT2D eigenvalue weighted by molar-refractivity contribution is 8.29. The van der Waals surface area contributed by atoms with E-state index in [0.717, 1.165) is 36.4 Å². The number of hydrogen-bond donors (Lipinski definition) is 2. The fraction of sp³-hybridized carbons (Fsp3) is 0.700. The number of hydrogen-bond acceptors (Lipinski definition) is 6. The normalized spacial score (nSPS) is 13.0. The molecule has 1 atom stereocenters. The van der Waals surface area contributed by atoms with Crippen molar-refractivity contribution in [2.75, 3.05) is 50.7 Å². The van der Waals surface area contributed by atoms with Crippen molar-refractivity contribution in [3.8, 4) is 0 Å². The van der Waals surface area contributed by atoms with Gasteiger partial charge in [-0.15, -0.1) is 9.45 Å². The number of benzene rings is 1. The quantitative estimate of drug-likeness (QED) is 0.453. The van der Waals surface area contributed by atoms with Crippen molar-refractivity contribution in [1.29, 1.82) is 0 Å². The first-order chi connectivity index (χ1) is 12.8. The molecule has 0 saturated heterocycles. The first-order valence-corrected chi connectivity index (χ1v) is 12.0. The molecule has 0 amide bonds. The van der Waals surface area contributed by atoms with Gasteiger partial charge in [0.1, 0.15) is 0 Å². The highest BCUT2D eigenvalue weighted by atomic mass is 32.8. The molecule has 0 aliphatic heterocycles. The lowest BCUT2D eigenvalue weighted by Gasteiger charge is -2.34. The lowest BCUT2D eigenvalue weighted by Crippen LogP contribution is -2.43. The predicted octanol–water partition coefficient (Wildman–Crippen LogP) is 2.41. The molecule has 0 aromatic heterocycles. The maximum atomic E-state index is 9.55. The van der Waals surface area contributed by atoms with Gasteiger partial charge in [0.05, 0.1) is 33.0 Å². The smallest absolute Gasteiger partial charge is 0.0701 e. The summed E-state index contributed by atoms with van der Waals surface area (Å²) in [5, 5.41) is 19.1. The third-order valence-corrected chi connectivity index (χ3v) is 7.38. The molecule has 0 spiro atoms. The van der Waals surface area contributed by atoms with Crippen molar-refractivity contribution in [1.82, 2.24) is 0 Å². The van der Waals surface area contributed by atoms with Crippen LogP contribution in [0.4, 0.5) is 5.69 Å². The van der Waals surface area contributed by atoms with Crippen molar-refractivity contribution >= 4 is 26.3 Å². The molecule has 0 saturated carbocycles. The molecular weight excluding hydrogens is 382 g/mol. The highest BCUT2D eigenvalue weighted by Crippen LogP contribution is 2.24. The Labute approximate surface area is 171 Å². The molecule has 27 heavy (non-hydrogen) atoms. The van der Waals surface area contributed by atoms with E-state index < -0.39 is 0 Å². The fourth-order valence-corrected chi connectivity index (χ4v) is 3.09. The van der Waals surface area contributed by atoms with Gasteiger partial charge in [-0.05, 0) is 49.8 Å². The third-order valence-electron chi connectivity index (χ3n) is 4.34. The monoisotopic (exact) mass is 417 g/mol. The van der Waals surface area contributed by atoms with Crippen LogP contribution in [0.1, 0.15) is 38.3 Å². The second-order valence-corrected chi connectivity index (χ2v) is 10.7. The summed E-state index contributed by atoms with van der Waals surface area (Å²) in [6.07, 6.45) is 3.09. The minimum Gasteiger partial charge on any atom is -0.392 e. The SMILES string of the molecule is CCCOCCOCCN(CC(C)(C)S(C)=S)c1cc(CO)cc(CO)c1. The van der Waals surface area contributed by atoms with Crippen LogP contribution in [0.2, 0.25) is 0 Å². The number of anilines is 1. The van der Waals surface area contributed by atoms with Crippen molar-refractivity contribution in [2.24, 2.45) is 0 Å². The first kappa shape index (κ1) is 24.5. The second kappa shape index (κ2) is 12.8. The second-order valence-electron chi connectivity index (χ2n) is 7.18. The van der Waals surface area contributed by atoms with Crippen molar-refractivity contribution in [3.05, 3.63) is 29.3 Å². The number of aliphatic hydroxyl groups excluding tert-OH is 2. The van der Waals surface area contributed by atoms with Crippen LogP contribution in [0.3, 0.4) is 0 Å². The molecule has 5 nitrogen and oxygen atoms in total. The molecule has 1 rings (SSSR count). The maximum absolute atomic E-state index is 9.55. The molecule has 0 aliphatic carbocycles. The molecule has 156 valence electrons. The van der Waals surface area contributed by atoms with Gasteiger partial charge in [0.15, 0.2) is 0 Å². The number of rotatable bonds is 14. The predicted molar refractivity (Wildman–Crippen MR) is 117 cm³/mol. The zero-order valence-corrected chi connectivity index (χ0v) is 18.7. The summed E-state index contributed by atoms with van der Waals surface area (Å²) >= 11 is 5.55. The van der Waals surface area contributed by atoms with Crippen LogP contribution in [0.15, 0.2) is 18.2 Å². The van der Waals surface area contributed by atoms with Gasteiger partial charge >= 0.3 is 0 Å². The number of ether oxygens (including phenoxy) is 2. The molecule has 0 radical (unpaired) electrons. The minimum absolute atomic E-state index is 0.0336. The van der Waals surface area contributed by atoms with Gasteiger partial charge in [-0.1, -0.05) is 24.2 Å². The Balaban J connectivity index is 2.84.